The average molecular weight is 242 g/mol. The highest BCUT2D eigenvalue weighted by Crippen LogP contribution is 2.05. The normalized spacial score (nSPS) is 10.5. The van der Waals surface area contributed by atoms with Crippen LogP contribution in [0.5, 0.6) is 0 Å². The van der Waals surface area contributed by atoms with Crippen molar-refractivity contribution in [1.29, 1.82) is 0 Å². The summed E-state index contributed by atoms with van der Waals surface area (Å²) < 4.78 is 2.06. The third-order valence-corrected chi connectivity index (χ3v) is 2.87. The molecule has 1 aromatic carbocycles. The first-order valence-corrected chi connectivity index (χ1v) is 6.35. The first kappa shape index (κ1) is 12.6. The fourth-order valence-corrected chi connectivity index (χ4v) is 2.01. The first-order valence-electron chi connectivity index (χ1n) is 6.35. The van der Waals surface area contributed by atoms with E-state index in [0.717, 1.165) is 24.4 Å². The Bertz CT molecular complexity index is 502. The van der Waals surface area contributed by atoms with Gasteiger partial charge in [-0.25, -0.2) is 4.98 Å². The summed E-state index contributed by atoms with van der Waals surface area (Å²) in [6.07, 6.45) is 5.66. The zero-order chi connectivity index (χ0) is 12.8. The molecule has 0 saturated heterocycles. The van der Waals surface area contributed by atoms with Gasteiger partial charge in [0, 0.05) is 25.4 Å². The molecular formula is C15H18N2O. The smallest absolute Gasteiger partial charge is 0.144 e. The van der Waals surface area contributed by atoms with Gasteiger partial charge in [-0.2, -0.15) is 0 Å². The summed E-state index contributed by atoms with van der Waals surface area (Å²) in [6, 6.07) is 9.84. The van der Waals surface area contributed by atoms with E-state index in [1.807, 2.05) is 36.5 Å². The molecule has 0 N–H and O–H groups in total. The molecular weight excluding hydrogens is 224 g/mol. The molecule has 1 heterocycles. The monoisotopic (exact) mass is 242 g/mol. The lowest BCUT2D eigenvalue weighted by molar-refractivity contribution is -0.117. The molecule has 0 radical (unpaired) electrons. The van der Waals surface area contributed by atoms with Gasteiger partial charge in [0.25, 0.3) is 0 Å². The highest BCUT2D eigenvalue weighted by Gasteiger charge is 2.09. The minimum absolute atomic E-state index is 0.213. The lowest BCUT2D eigenvalue weighted by Crippen LogP contribution is -2.12. The van der Waals surface area contributed by atoms with Crippen LogP contribution in [0.2, 0.25) is 0 Å². The largest absolute Gasteiger partial charge is 0.335 e. The van der Waals surface area contributed by atoms with Gasteiger partial charge in [0.15, 0.2) is 0 Å². The van der Waals surface area contributed by atoms with Gasteiger partial charge in [-0.15, -0.1) is 0 Å². The molecule has 0 aliphatic rings. The van der Waals surface area contributed by atoms with Crippen molar-refractivity contribution in [2.24, 2.45) is 0 Å². The molecule has 2 aromatic rings. The topological polar surface area (TPSA) is 34.9 Å². The predicted molar refractivity (Wildman–Crippen MR) is 71.4 cm³/mol. The average Bonchev–Trinajstić information content (AvgIpc) is 2.78. The second-order valence-corrected chi connectivity index (χ2v) is 4.41. The number of hydrogen-bond acceptors (Lipinski definition) is 2. The highest BCUT2D eigenvalue weighted by molar-refractivity contribution is 5.82. The van der Waals surface area contributed by atoms with Crippen molar-refractivity contribution < 1.29 is 4.79 Å². The van der Waals surface area contributed by atoms with Crippen LogP contribution in [0.3, 0.4) is 0 Å². The standard InChI is InChI=1S/C15H18N2O/c1-2-9-17-10-8-16-15(17)12-14(18)11-13-6-4-3-5-7-13/h3-8,10H,2,9,11-12H2,1H3. The van der Waals surface area contributed by atoms with E-state index >= 15 is 0 Å². The number of aromatic nitrogens is 2. The number of hydrogen-bond donors (Lipinski definition) is 0. The Hall–Kier alpha value is -1.90. The maximum atomic E-state index is 12.0. The number of nitrogens with zero attached hydrogens (tertiary/aromatic N) is 2. The molecule has 0 aliphatic carbocycles. The zero-order valence-corrected chi connectivity index (χ0v) is 10.7. The number of imidazole rings is 1. The van der Waals surface area contributed by atoms with E-state index < -0.39 is 0 Å². The van der Waals surface area contributed by atoms with Crippen LogP contribution < -0.4 is 0 Å². The molecule has 18 heavy (non-hydrogen) atoms. The van der Waals surface area contributed by atoms with Crippen LogP contribution in [0.4, 0.5) is 0 Å². The van der Waals surface area contributed by atoms with Crippen molar-refractivity contribution in [3.63, 3.8) is 0 Å². The van der Waals surface area contributed by atoms with Crippen LogP contribution in [0.25, 0.3) is 0 Å². The van der Waals surface area contributed by atoms with Crippen molar-refractivity contribution in [2.75, 3.05) is 0 Å². The number of carbonyl (C=O) groups is 1. The van der Waals surface area contributed by atoms with Gasteiger partial charge in [0.1, 0.15) is 11.6 Å². The maximum Gasteiger partial charge on any atom is 0.144 e. The van der Waals surface area contributed by atoms with Gasteiger partial charge in [0.05, 0.1) is 6.42 Å². The summed E-state index contributed by atoms with van der Waals surface area (Å²) in [7, 11) is 0. The van der Waals surface area contributed by atoms with E-state index in [9.17, 15) is 4.79 Å². The quantitative estimate of drug-likeness (QED) is 0.780. The Labute approximate surface area is 107 Å². The van der Waals surface area contributed by atoms with E-state index in [4.69, 9.17) is 0 Å². The van der Waals surface area contributed by atoms with Gasteiger partial charge in [-0.1, -0.05) is 37.3 Å². The van der Waals surface area contributed by atoms with Gasteiger partial charge in [-0.05, 0) is 12.0 Å². The number of Topliss-reactive ketones (excluding diaryl/α,β-unsaturated/α-hetero) is 1. The molecule has 0 unspecified atom stereocenters. The summed E-state index contributed by atoms with van der Waals surface area (Å²) in [5.74, 6) is 1.09. The minimum atomic E-state index is 0.213. The zero-order valence-electron chi connectivity index (χ0n) is 10.7. The van der Waals surface area contributed by atoms with E-state index in [-0.39, 0.29) is 5.78 Å². The van der Waals surface area contributed by atoms with Gasteiger partial charge >= 0.3 is 0 Å². The molecule has 0 fully saturated rings. The molecule has 0 atom stereocenters. The van der Waals surface area contributed by atoms with Crippen LogP contribution in [0, 0.1) is 0 Å². The van der Waals surface area contributed by atoms with Crippen LogP contribution in [0.1, 0.15) is 24.7 Å². The predicted octanol–water partition coefficient (Wildman–Crippen LogP) is 2.65. The number of ketones is 1. The maximum absolute atomic E-state index is 12.0. The third-order valence-electron chi connectivity index (χ3n) is 2.87. The molecule has 3 nitrogen and oxygen atoms in total. The van der Waals surface area contributed by atoms with Gasteiger partial charge in [0.2, 0.25) is 0 Å². The third kappa shape index (κ3) is 3.29. The van der Waals surface area contributed by atoms with Crippen molar-refractivity contribution in [1.82, 2.24) is 9.55 Å². The fraction of sp³-hybridized carbons (Fsp3) is 0.333. The molecule has 0 amide bonds. The second-order valence-electron chi connectivity index (χ2n) is 4.41. The number of rotatable bonds is 6. The molecule has 3 heteroatoms. The fourth-order valence-electron chi connectivity index (χ4n) is 2.01. The summed E-state index contributed by atoms with van der Waals surface area (Å²) >= 11 is 0. The second kappa shape index (κ2) is 6.15. The Morgan fingerprint density at radius 2 is 2.00 bits per heavy atom. The first-order chi connectivity index (χ1) is 8.79. The van der Waals surface area contributed by atoms with Crippen LogP contribution >= 0.6 is 0 Å². The van der Waals surface area contributed by atoms with Crippen LogP contribution in [-0.4, -0.2) is 15.3 Å². The summed E-state index contributed by atoms with van der Waals surface area (Å²) in [5, 5.41) is 0. The molecule has 0 aliphatic heterocycles. The van der Waals surface area contributed by atoms with Crippen molar-refractivity contribution in [2.45, 2.75) is 32.7 Å². The number of aryl methyl sites for hydroxylation is 1. The highest BCUT2D eigenvalue weighted by atomic mass is 16.1. The van der Waals surface area contributed by atoms with Crippen molar-refractivity contribution >= 4 is 5.78 Å². The number of carbonyl (C=O) groups excluding carboxylic acids is 1. The van der Waals surface area contributed by atoms with Crippen molar-refractivity contribution in [3.8, 4) is 0 Å². The summed E-state index contributed by atoms with van der Waals surface area (Å²) in [6.45, 7) is 3.05. The number of benzene rings is 1. The Morgan fingerprint density at radius 3 is 2.72 bits per heavy atom. The lowest BCUT2D eigenvalue weighted by Gasteiger charge is -2.05. The Morgan fingerprint density at radius 1 is 1.22 bits per heavy atom. The van der Waals surface area contributed by atoms with E-state index in [1.165, 1.54) is 0 Å². The van der Waals surface area contributed by atoms with Gasteiger partial charge < -0.3 is 4.57 Å². The van der Waals surface area contributed by atoms with E-state index in [1.54, 1.807) is 6.20 Å². The Kier molecular flexibility index (Phi) is 4.29. The molecule has 0 saturated carbocycles. The summed E-state index contributed by atoms with van der Waals surface area (Å²) in [4.78, 5) is 16.2. The lowest BCUT2D eigenvalue weighted by atomic mass is 10.1. The molecule has 0 spiro atoms. The van der Waals surface area contributed by atoms with Crippen LogP contribution in [-0.2, 0) is 24.2 Å². The van der Waals surface area contributed by atoms with E-state index in [0.29, 0.717) is 12.8 Å². The van der Waals surface area contributed by atoms with Crippen molar-refractivity contribution in [3.05, 3.63) is 54.1 Å². The Balaban J connectivity index is 1.97. The SMILES string of the molecule is CCCn1ccnc1CC(=O)Cc1ccccc1. The van der Waals surface area contributed by atoms with E-state index in [2.05, 4.69) is 16.5 Å². The molecule has 1 aromatic heterocycles. The molecule has 2 rings (SSSR count). The minimum Gasteiger partial charge on any atom is -0.335 e. The summed E-state index contributed by atoms with van der Waals surface area (Å²) in [5.41, 5.74) is 1.07. The molecule has 0 bridgehead atoms. The van der Waals surface area contributed by atoms with Crippen LogP contribution in [0.15, 0.2) is 42.7 Å². The van der Waals surface area contributed by atoms with Gasteiger partial charge in [-0.3, -0.25) is 4.79 Å². The molecule has 94 valence electrons.